The topological polar surface area (TPSA) is 45.2 Å². The average Bonchev–Trinajstić information content (AvgIpc) is 2.64. The van der Waals surface area contributed by atoms with Crippen molar-refractivity contribution in [3.63, 3.8) is 0 Å². The van der Waals surface area contributed by atoms with Crippen molar-refractivity contribution in [3.8, 4) is 0 Å². The van der Waals surface area contributed by atoms with Crippen LogP contribution in [0.5, 0.6) is 0 Å². The first-order chi connectivity index (χ1) is 12.1. The maximum absolute atomic E-state index is 13.4. The van der Waals surface area contributed by atoms with Crippen molar-refractivity contribution in [2.75, 3.05) is 5.32 Å². The van der Waals surface area contributed by atoms with Gasteiger partial charge in [-0.2, -0.15) is 0 Å². The van der Waals surface area contributed by atoms with E-state index in [0.717, 1.165) is 43.5 Å². The van der Waals surface area contributed by atoms with Crippen molar-refractivity contribution in [1.29, 1.82) is 0 Å². The molecule has 4 nitrogen and oxygen atoms in total. The second-order valence-electron chi connectivity index (χ2n) is 6.30. The summed E-state index contributed by atoms with van der Waals surface area (Å²) in [5.41, 5.74) is 1.04. The lowest BCUT2D eigenvalue weighted by Gasteiger charge is -2.34. The molecule has 0 spiro atoms. The zero-order chi connectivity index (χ0) is 17.6. The van der Waals surface area contributed by atoms with Crippen LogP contribution in [0.3, 0.4) is 0 Å². The van der Waals surface area contributed by atoms with E-state index in [1.54, 1.807) is 11.1 Å². The second-order valence-corrected chi connectivity index (χ2v) is 6.30. The highest BCUT2D eigenvalue weighted by atomic mass is 19.2. The van der Waals surface area contributed by atoms with Crippen molar-refractivity contribution >= 4 is 11.7 Å². The highest BCUT2D eigenvalue weighted by Crippen LogP contribution is 2.25. The first kappa shape index (κ1) is 17.3. The summed E-state index contributed by atoms with van der Waals surface area (Å²) in [5.74, 6) is -1.91. The molecule has 6 heteroatoms. The van der Waals surface area contributed by atoms with Crippen molar-refractivity contribution in [2.24, 2.45) is 0 Å². The smallest absolute Gasteiger partial charge is 0.316 e. The fourth-order valence-corrected chi connectivity index (χ4v) is 3.19. The summed E-state index contributed by atoms with van der Waals surface area (Å²) in [5, 5.41) is 2.68. The molecule has 1 aromatic heterocycles. The van der Waals surface area contributed by atoms with Crippen LogP contribution >= 0.6 is 0 Å². The van der Waals surface area contributed by atoms with Crippen LogP contribution in [0.15, 0.2) is 42.6 Å². The first-order valence-corrected chi connectivity index (χ1v) is 8.56. The number of anilines is 1. The molecule has 0 unspecified atom stereocenters. The molecule has 25 heavy (non-hydrogen) atoms. The molecule has 0 saturated heterocycles. The Morgan fingerprint density at radius 2 is 1.92 bits per heavy atom. The molecule has 1 aromatic carbocycles. The molecule has 1 aliphatic rings. The number of aromatic nitrogens is 1. The van der Waals surface area contributed by atoms with E-state index >= 15 is 0 Å². The third-order valence-corrected chi connectivity index (χ3v) is 4.51. The average molecular weight is 345 g/mol. The van der Waals surface area contributed by atoms with E-state index in [-0.39, 0.29) is 17.8 Å². The Balaban J connectivity index is 1.77. The van der Waals surface area contributed by atoms with Crippen LogP contribution in [0.25, 0.3) is 0 Å². The Morgan fingerprint density at radius 3 is 2.60 bits per heavy atom. The maximum Gasteiger partial charge on any atom is 0.322 e. The number of amides is 2. The number of urea groups is 1. The number of benzene rings is 1. The number of pyridine rings is 1. The van der Waals surface area contributed by atoms with Crippen molar-refractivity contribution in [1.82, 2.24) is 9.88 Å². The van der Waals surface area contributed by atoms with Crippen molar-refractivity contribution in [2.45, 2.75) is 44.7 Å². The number of carbonyl (C=O) groups excluding carboxylic acids is 1. The fraction of sp³-hybridized carbons (Fsp3) is 0.368. The van der Waals surface area contributed by atoms with Crippen molar-refractivity contribution < 1.29 is 13.6 Å². The molecule has 1 saturated carbocycles. The zero-order valence-corrected chi connectivity index (χ0v) is 13.9. The first-order valence-electron chi connectivity index (χ1n) is 8.56. The predicted molar refractivity (Wildman–Crippen MR) is 92.0 cm³/mol. The van der Waals surface area contributed by atoms with Crippen LogP contribution in [0.2, 0.25) is 0 Å². The minimum absolute atomic E-state index is 0.126. The van der Waals surface area contributed by atoms with Crippen LogP contribution in [0.1, 0.15) is 37.8 Å². The normalized spacial score (nSPS) is 15.0. The van der Waals surface area contributed by atoms with Crippen LogP contribution in [0.4, 0.5) is 19.3 Å². The summed E-state index contributed by atoms with van der Waals surface area (Å²) >= 11 is 0. The van der Waals surface area contributed by atoms with Gasteiger partial charge in [0.1, 0.15) is 0 Å². The third-order valence-electron chi connectivity index (χ3n) is 4.51. The highest BCUT2D eigenvalue weighted by Gasteiger charge is 2.26. The summed E-state index contributed by atoms with van der Waals surface area (Å²) < 4.78 is 26.4. The minimum atomic E-state index is -0.980. The van der Waals surface area contributed by atoms with Gasteiger partial charge in [-0.25, -0.2) is 13.6 Å². The van der Waals surface area contributed by atoms with Crippen LogP contribution in [-0.2, 0) is 6.54 Å². The van der Waals surface area contributed by atoms with E-state index in [1.807, 2.05) is 18.2 Å². The summed E-state index contributed by atoms with van der Waals surface area (Å²) in [4.78, 5) is 18.8. The number of hydrogen-bond donors (Lipinski definition) is 1. The van der Waals surface area contributed by atoms with Gasteiger partial charge in [-0.1, -0.05) is 25.3 Å². The molecule has 0 aliphatic heterocycles. The predicted octanol–water partition coefficient (Wildman–Crippen LogP) is 4.73. The molecular formula is C19H21F2N3O. The number of nitrogens with one attached hydrogen (secondary N) is 1. The van der Waals surface area contributed by atoms with Crippen LogP contribution in [-0.4, -0.2) is 22.0 Å². The molecule has 0 atom stereocenters. The molecular weight excluding hydrogens is 324 g/mol. The Bertz CT molecular complexity index is 718. The van der Waals surface area contributed by atoms with Gasteiger partial charge in [0.2, 0.25) is 0 Å². The molecule has 0 radical (unpaired) electrons. The lowest BCUT2D eigenvalue weighted by molar-refractivity contribution is 0.162. The number of nitrogens with zero attached hydrogens (tertiary/aromatic N) is 2. The Morgan fingerprint density at radius 1 is 1.12 bits per heavy atom. The van der Waals surface area contributed by atoms with E-state index in [0.29, 0.717) is 6.54 Å². The Labute approximate surface area is 145 Å². The molecule has 1 N–H and O–H groups in total. The Hall–Kier alpha value is -2.50. The number of carbonyl (C=O) groups is 1. The standard InChI is InChI=1S/C19H21F2N3O/c20-17-10-9-14(12-18(17)21)23-19(25)24(16-7-2-1-3-8-16)13-15-6-4-5-11-22-15/h4-6,9-12,16H,1-3,7-8,13H2,(H,23,25). The van der Waals surface area contributed by atoms with Gasteiger partial charge >= 0.3 is 6.03 Å². The third kappa shape index (κ3) is 4.53. The van der Waals surface area contributed by atoms with Gasteiger partial charge < -0.3 is 10.2 Å². The second kappa shape index (κ2) is 8.05. The van der Waals surface area contributed by atoms with E-state index in [9.17, 15) is 13.6 Å². The van der Waals surface area contributed by atoms with Gasteiger partial charge in [-0.3, -0.25) is 4.98 Å². The monoisotopic (exact) mass is 345 g/mol. The quantitative estimate of drug-likeness (QED) is 0.871. The molecule has 132 valence electrons. The number of hydrogen-bond acceptors (Lipinski definition) is 2. The SMILES string of the molecule is O=C(Nc1ccc(F)c(F)c1)N(Cc1ccccn1)C1CCCCC1. The van der Waals surface area contributed by atoms with Crippen molar-refractivity contribution in [3.05, 3.63) is 59.9 Å². The van der Waals surface area contributed by atoms with E-state index in [1.165, 1.54) is 12.5 Å². The largest absolute Gasteiger partial charge is 0.322 e. The summed E-state index contributed by atoms with van der Waals surface area (Å²) in [6.07, 6.45) is 6.93. The van der Waals surface area contributed by atoms with E-state index in [4.69, 9.17) is 0 Å². The fourth-order valence-electron chi connectivity index (χ4n) is 3.19. The summed E-state index contributed by atoms with van der Waals surface area (Å²) in [6, 6.07) is 8.76. The van der Waals surface area contributed by atoms with Gasteiger partial charge in [0, 0.05) is 24.0 Å². The molecule has 2 aromatic rings. The van der Waals surface area contributed by atoms with Crippen LogP contribution < -0.4 is 5.32 Å². The molecule has 1 fully saturated rings. The van der Waals surface area contributed by atoms with E-state index in [2.05, 4.69) is 10.3 Å². The highest BCUT2D eigenvalue weighted by molar-refractivity contribution is 5.89. The summed E-state index contributed by atoms with van der Waals surface area (Å²) in [7, 11) is 0. The minimum Gasteiger partial charge on any atom is -0.316 e. The van der Waals surface area contributed by atoms with Gasteiger partial charge in [-0.05, 0) is 37.1 Å². The molecule has 3 rings (SSSR count). The lowest BCUT2D eigenvalue weighted by atomic mass is 9.94. The molecule has 2 amide bonds. The molecule has 1 aliphatic carbocycles. The van der Waals surface area contributed by atoms with Gasteiger partial charge in [0.25, 0.3) is 0 Å². The number of rotatable bonds is 4. The van der Waals surface area contributed by atoms with E-state index < -0.39 is 11.6 Å². The molecule has 1 heterocycles. The van der Waals surface area contributed by atoms with Gasteiger partial charge in [0.05, 0.1) is 12.2 Å². The van der Waals surface area contributed by atoms with Crippen LogP contribution in [0, 0.1) is 11.6 Å². The van der Waals surface area contributed by atoms with Gasteiger partial charge in [0.15, 0.2) is 11.6 Å². The zero-order valence-electron chi connectivity index (χ0n) is 13.9. The summed E-state index contributed by atoms with van der Waals surface area (Å²) in [6.45, 7) is 0.390. The number of halogens is 2. The Kier molecular flexibility index (Phi) is 5.58. The maximum atomic E-state index is 13.4. The van der Waals surface area contributed by atoms with Gasteiger partial charge in [-0.15, -0.1) is 0 Å². The lowest BCUT2D eigenvalue weighted by Crippen LogP contribution is -2.43. The molecule has 0 bridgehead atoms.